The number of aromatic nitrogens is 4. The molecule has 3 aromatic rings. The smallest absolute Gasteiger partial charge is 0.323 e. The molecule has 0 saturated heterocycles. The SMILES string of the molecule is CCc1nc2n(CC(=O)O)c3ccccc3n2n1. The maximum atomic E-state index is 11.0. The second-order valence-electron chi connectivity index (χ2n) is 4.06. The number of fused-ring (bicyclic) bond motifs is 3. The minimum absolute atomic E-state index is 0.112. The van der Waals surface area contributed by atoms with E-state index in [-0.39, 0.29) is 6.54 Å². The number of aryl methyl sites for hydroxylation is 1. The molecule has 0 atom stereocenters. The summed E-state index contributed by atoms with van der Waals surface area (Å²) < 4.78 is 3.38. The molecule has 0 aliphatic rings. The van der Waals surface area contributed by atoms with Crippen molar-refractivity contribution in [3.8, 4) is 0 Å². The summed E-state index contributed by atoms with van der Waals surface area (Å²) in [6, 6.07) is 7.57. The Morgan fingerprint density at radius 1 is 1.33 bits per heavy atom. The molecule has 6 heteroatoms. The Morgan fingerprint density at radius 2 is 2.06 bits per heavy atom. The van der Waals surface area contributed by atoms with Crippen molar-refractivity contribution in [2.24, 2.45) is 0 Å². The van der Waals surface area contributed by atoms with E-state index in [1.807, 2.05) is 31.2 Å². The number of carbonyl (C=O) groups is 1. The van der Waals surface area contributed by atoms with E-state index < -0.39 is 5.97 Å². The van der Waals surface area contributed by atoms with E-state index in [4.69, 9.17) is 5.11 Å². The fourth-order valence-corrected chi connectivity index (χ4v) is 2.10. The van der Waals surface area contributed by atoms with Crippen molar-refractivity contribution in [1.29, 1.82) is 0 Å². The number of para-hydroxylation sites is 2. The maximum absolute atomic E-state index is 11.0. The first kappa shape index (κ1) is 10.8. The molecule has 6 nitrogen and oxygen atoms in total. The first-order valence-electron chi connectivity index (χ1n) is 5.75. The van der Waals surface area contributed by atoms with Crippen molar-refractivity contribution in [2.75, 3.05) is 0 Å². The van der Waals surface area contributed by atoms with Crippen LogP contribution in [0.5, 0.6) is 0 Å². The van der Waals surface area contributed by atoms with Gasteiger partial charge in [-0.15, -0.1) is 5.10 Å². The molecule has 3 rings (SSSR count). The van der Waals surface area contributed by atoms with Gasteiger partial charge in [-0.3, -0.25) is 9.36 Å². The van der Waals surface area contributed by atoms with Gasteiger partial charge >= 0.3 is 5.97 Å². The first-order valence-corrected chi connectivity index (χ1v) is 5.75. The van der Waals surface area contributed by atoms with Gasteiger partial charge in [0.05, 0.1) is 11.0 Å². The van der Waals surface area contributed by atoms with Crippen LogP contribution in [-0.4, -0.2) is 30.2 Å². The standard InChI is InChI=1S/C12H12N4O2/c1-2-10-13-12-15(7-11(17)18)8-5-3-4-6-9(8)16(12)14-10/h3-6H,2,7H2,1H3,(H,17,18). The van der Waals surface area contributed by atoms with Crippen molar-refractivity contribution >= 4 is 22.8 Å². The fraction of sp³-hybridized carbons (Fsp3) is 0.250. The van der Waals surface area contributed by atoms with Crippen LogP contribution in [0.4, 0.5) is 0 Å². The molecule has 0 bridgehead atoms. The highest BCUT2D eigenvalue weighted by atomic mass is 16.4. The normalized spacial score (nSPS) is 11.4. The van der Waals surface area contributed by atoms with Crippen LogP contribution in [0.15, 0.2) is 24.3 Å². The van der Waals surface area contributed by atoms with Crippen molar-refractivity contribution in [3.05, 3.63) is 30.1 Å². The van der Waals surface area contributed by atoms with Crippen LogP contribution in [-0.2, 0) is 17.8 Å². The third kappa shape index (κ3) is 1.46. The number of hydrogen-bond acceptors (Lipinski definition) is 3. The van der Waals surface area contributed by atoms with E-state index in [0.717, 1.165) is 23.3 Å². The van der Waals surface area contributed by atoms with Gasteiger partial charge in [-0.05, 0) is 12.1 Å². The molecule has 0 radical (unpaired) electrons. The Hall–Kier alpha value is -2.37. The highest BCUT2D eigenvalue weighted by molar-refractivity contribution is 5.82. The summed E-state index contributed by atoms with van der Waals surface area (Å²) >= 11 is 0. The zero-order valence-corrected chi connectivity index (χ0v) is 9.87. The van der Waals surface area contributed by atoms with Gasteiger partial charge < -0.3 is 5.11 Å². The molecular weight excluding hydrogens is 232 g/mol. The van der Waals surface area contributed by atoms with E-state index in [9.17, 15) is 4.79 Å². The van der Waals surface area contributed by atoms with Crippen molar-refractivity contribution in [1.82, 2.24) is 19.2 Å². The first-order chi connectivity index (χ1) is 8.70. The number of rotatable bonds is 3. The second-order valence-corrected chi connectivity index (χ2v) is 4.06. The van der Waals surface area contributed by atoms with Gasteiger partial charge in [0.1, 0.15) is 6.54 Å². The van der Waals surface area contributed by atoms with Crippen molar-refractivity contribution in [2.45, 2.75) is 19.9 Å². The summed E-state index contributed by atoms with van der Waals surface area (Å²) in [5.41, 5.74) is 1.71. The van der Waals surface area contributed by atoms with Gasteiger partial charge in [0, 0.05) is 6.42 Å². The lowest BCUT2D eigenvalue weighted by atomic mass is 10.3. The molecule has 0 aliphatic carbocycles. The quantitative estimate of drug-likeness (QED) is 0.754. The van der Waals surface area contributed by atoms with E-state index in [0.29, 0.717) is 5.78 Å². The number of carboxylic acids is 1. The van der Waals surface area contributed by atoms with Gasteiger partial charge in [-0.1, -0.05) is 19.1 Å². The van der Waals surface area contributed by atoms with Crippen molar-refractivity contribution in [3.63, 3.8) is 0 Å². The lowest BCUT2D eigenvalue weighted by molar-refractivity contribution is -0.137. The van der Waals surface area contributed by atoms with Gasteiger partial charge in [-0.2, -0.15) is 9.50 Å². The molecule has 0 unspecified atom stereocenters. The summed E-state index contributed by atoms with van der Waals surface area (Å²) in [4.78, 5) is 15.3. The lowest BCUT2D eigenvalue weighted by Gasteiger charge is -1.99. The van der Waals surface area contributed by atoms with Crippen molar-refractivity contribution < 1.29 is 9.90 Å². The summed E-state index contributed by atoms with van der Waals surface area (Å²) in [5.74, 6) is 0.407. The number of benzene rings is 1. The Kier molecular flexibility index (Phi) is 2.29. The summed E-state index contributed by atoms with van der Waals surface area (Å²) in [6.07, 6.45) is 0.725. The van der Waals surface area contributed by atoms with Crippen LogP contribution >= 0.6 is 0 Å². The molecule has 92 valence electrons. The third-order valence-corrected chi connectivity index (χ3v) is 2.89. The minimum atomic E-state index is -0.890. The molecule has 1 aromatic carbocycles. The summed E-state index contributed by atoms with van der Waals surface area (Å²) in [5, 5.41) is 13.4. The number of hydrogen-bond donors (Lipinski definition) is 1. The molecule has 18 heavy (non-hydrogen) atoms. The van der Waals surface area contributed by atoms with E-state index in [1.54, 1.807) is 9.08 Å². The van der Waals surface area contributed by atoms with Gasteiger partial charge in [-0.25, -0.2) is 0 Å². The molecule has 2 aromatic heterocycles. The number of carboxylic acid groups (broad SMARTS) is 1. The van der Waals surface area contributed by atoms with Crippen LogP contribution < -0.4 is 0 Å². The molecule has 0 spiro atoms. The van der Waals surface area contributed by atoms with Crippen LogP contribution in [0, 0.1) is 0 Å². The minimum Gasteiger partial charge on any atom is -0.480 e. The Balaban J connectivity index is 2.38. The second kappa shape index (κ2) is 3.83. The number of imidazole rings is 1. The Labute approximate surface area is 102 Å². The van der Waals surface area contributed by atoms with E-state index >= 15 is 0 Å². The van der Waals surface area contributed by atoms with E-state index in [2.05, 4.69) is 10.1 Å². The largest absolute Gasteiger partial charge is 0.480 e. The number of nitrogens with zero attached hydrogens (tertiary/aromatic N) is 4. The highest BCUT2D eigenvalue weighted by Crippen LogP contribution is 2.19. The van der Waals surface area contributed by atoms with Crippen LogP contribution in [0.3, 0.4) is 0 Å². The monoisotopic (exact) mass is 244 g/mol. The van der Waals surface area contributed by atoms with Gasteiger partial charge in [0.2, 0.25) is 5.78 Å². The molecule has 0 fully saturated rings. The fourth-order valence-electron chi connectivity index (χ4n) is 2.10. The average Bonchev–Trinajstić information content (AvgIpc) is 2.89. The zero-order valence-electron chi connectivity index (χ0n) is 9.87. The molecule has 1 N–H and O–H groups in total. The molecule has 0 amide bonds. The molecular formula is C12H12N4O2. The maximum Gasteiger partial charge on any atom is 0.323 e. The van der Waals surface area contributed by atoms with Crippen LogP contribution in [0.25, 0.3) is 16.8 Å². The zero-order chi connectivity index (χ0) is 12.7. The Bertz CT molecular complexity index is 741. The van der Waals surface area contributed by atoms with Crippen LogP contribution in [0.2, 0.25) is 0 Å². The molecule has 0 saturated carbocycles. The summed E-state index contributed by atoms with van der Waals surface area (Å²) in [7, 11) is 0. The lowest BCUT2D eigenvalue weighted by Crippen LogP contribution is -2.08. The topological polar surface area (TPSA) is 72.4 Å². The predicted molar refractivity (Wildman–Crippen MR) is 65.5 cm³/mol. The van der Waals surface area contributed by atoms with Crippen LogP contribution in [0.1, 0.15) is 12.7 Å². The predicted octanol–water partition coefficient (Wildman–Crippen LogP) is 1.33. The highest BCUT2D eigenvalue weighted by Gasteiger charge is 2.15. The van der Waals surface area contributed by atoms with Gasteiger partial charge in [0.25, 0.3) is 0 Å². The van der Waals surface area contributed by atoms with Gasteiger partial charge in [0.15, 0.2) is 5.82 Å². The Morgan fingerprint density at radius 3 is 2.72 bits per heavy atom. The molecule has 2 heterocycles. The summed E-state index contributed by atoms with van der Waals surface area (Å²) in [6.45, 7) is 1.86. The molecule has 0 aliphatic heterocycles. The third-order valence-electron chi connectivity index (χ3n) is 2.89. The average molecular weight is 244 g/mol. The van der Waals surface area contributed by atoms with E-state index in [1.165, 1.54) is 0 Å². The number of aliphatic carboxylic acids is 1.